The van der Waals surface area contributed by atoms with Gasteiger partial charge in [0, 0.05) is 6.04 Å². The van der Waals surface area contributed by atoms with Gasteiger partial charge in [0.05, 0.1) is 11.4 Å². The van der Waals surface area contributed by atoms with Crippen molar-refractivity contribution in [2.75, 3.05) is 6.54 Å². The van der Waals surface area contributed by atoms with Gasteiger partial charge in [-0.2, -0.15) is 0 Å². The molecule has 0 atom stereocenters. The average Bonchev–Trinajstić information content (AvgIpc) is 2.87. The van der Waals surface area contributed by atoms with Crippen LogP contribution in [-0.4, -0.2) is 18.4 Å². The second kappa shape index (κ2) is 4.71. The van der Waals surface area contributed by atoms with E-state index in [9.17, 15) is 4.79 Å². The largest absolute Gasteiger partial charge is 0.307 e. The highest BCUT2D eigenvalue weighted by molar-refractivity contribution is 7.12. The fourth-order valence-electron chi connectivity index (χ4n) is 1.89. The Bertz CT molecular complexity index is 288. The predicted molar refractivity (Wildman–Crippen MR) is 58.9 cm³/mol. The zero-order valence-corrected chi connectivity index (χ0v) is 8.98. The summed E-state index contributed by atoms with van der Waals surface area (Å²) in [6.45, 7) is 0.505. The molecule has 1 aromatic heterocycles. The van der Waals surface area contributed by atoms with Crippen LogP contribution in [0.5, 0.6) is 0 Å². The van der Waals surface area contributed by atoms with Gasteiger partial charge in [0.15, 0.2) is 5.78 Å². The molecule has 0 amide bonds. The third-order valence-electron chi connectivity index (χ3n) is 2.70. The predicted octanol–water partition coefficient (Wildman–Crippen LogP) is 2.46. The second-order valence-electron chi connectivity index (χ2n) is 3.76. The number of thiophene rings is 1. The number of hydrogen-bond donors (Lipinski definition) is 1. The number of hydrogen-bond acceptors (Lipinski definition) is 3. The highest BCUT2D eigenvalue weighted by Crippen LogP contribution is 2.17. The monoisotopic (exact) mass is 209 g/mol. The topological polar surface area (TPSA) is 29.1 Å². The van der Waals surface area contributed by atoms with Crippen molar-refractivity contribution >= 4 is 17.1 Å². The van der Waals surface area contributed by atoms with Crippen molar-refractivity contribution in [3.05, 3.63) is 22.4 Å². The first-order valence-corrected chi connectivity index (χ1v) is 6.04. The summed E-state index contributed by atoms with van der Waals surface area (Å²) in [6, 6.07) is 4.40. The van der Waals surface area contributed by atoms with Gasteiger partial charge in [-0.1, -0.05) is 18.9 Å². The fraction of sp³-hybridized carbons (Fsp3) is 0.545. The molecule has 1 N–H and O–H groups in total. The Hall–Kier alpha value is -0.670. The lowest BCUT2D eigenvalue weighted by Crippen LogP contribution is -2.31. The van der Waals surface area contributed by atoms with Gasteiger partial charge in [-0.05, 0) is 24.3 Å². The van der Waals surface area contributed by atoms with Crippen molar-refractivity contribution in [1.82, 2.24) is 5.32 Å². The summed E-state index contributed by atoms with van der Waals surface area (Å²) in [7, 11) is 0. The molecular formula is C11H15NOS. The van der Waals surface area contributed by atoms with Gasteiger partial charge >= 0.3 is 0 Å². The summed E-state index contributed by atoms with van der Waals surface area (Å²) in [5.41, 5.74) is 0. The molecule has 2 nitrogen and oxygen atoms in total. The van der Waals surface area contributed by atoms with E-state index >= 15 is 0 Å². The van der Waals surface area contributed by atoms with E-state index in [2.05, 4.69) is 5.32 Å². The summed E-state index contributed by atoms with van der Waals surface area (Å²) in [4.78, 5) is 12.5. The molecule has 0 spiro atoms. The minimum atomic E-state index is 0.229. The van der Waals surface area contributed by atoms with E-state index in [0.29, 0.717) is 12.6 Å². The van der Waals surface area contributed by atoms with Crippen LogP contribution in [0.15, 0.2) is 17.5 Å². The van der Waals surface area contributed by atoms with Crippen molar-refractivity contribution in [2.24, 2.45) is 0 Å². The van der Waals surface area contributed by atoms with E-state index in [1.54, 1.807) is 0 Å². The summed E-state index contributed by atoms with van der Waals surface area (Å²) in [6.07, 6.45) is 5.09. The fourth-order valence-corrected chi connectivity index (χ4v) is 2.56. The van der Waals surface area contributed by atoms with Crippen LogP contribution in [0.1, 0.15) is 35.4 Å². The molecular weight excluding hydrogens is 194 g/mol. The summed E-state index contributed by atoms with van der Waals surface area (Å²) in [5, 5.41) is 5.27. The number of nitrogens with one attached hydrogen (secondary N) is 1. The maximum atomic E-state index is 11.6. The minimum absolute atomic E-state index is 0.229. The van der Waals surface area contributed by atoms with Crippen LogP contribution in [0.2, 0.25) is 0 Å². The number of Topliss-reactive ketones (excluding diaryl/α,β-unsaturated/α-hetero) is 1. The van der Waals surface area contributed by atoms with Crippen LogP contribution < -0.4 is 5.32 Å². The summed E-state index contributed by atoms with van der Waals surface area (Å²) < 4.78 is 0. The van der Waals surface area contributed by atoms with E-state index in [0.717, 1.165) is 4.88 Å². The molecule has 1 heterocycles. The molecule has 0 radical (unpaired) electrons. The second-order valence-corrected chi connectivity index (χ2v) is 4.71. The first-order chi connectivity index (χ1) is 6.86. The number of rotatable bonds is 4. The Balaban J connectivity index is 1.78. The van der Waals surface area contributed by atoms with Crippen molar-refractivity contribution in [3.8, 4) is 0 Å². The molecule has 1 aliphatic rings. The number of carbonyl (C=O) groups is 1. The Labute approximate surface area is 88.3 Å². The van der Waals surface area contributed by atoms with Crippen molar-refractivity contribution in [2.45, 2.75) is 31.7 Å². The summed E-state index contributed by atoms with van der Waals surface area (Å²) >= 11 is 1.52. The van der Waals surface area contributed by atoms with Gasteiger partial charge in [0.25, 0.3) is 0 Å². The smallest absolute Gasteiger partial charge is 0.186 e. The molecule has 1 aliphatic carbocycles. The Morgan fingerprint density at radius 1 is 1.50 bits per heavy atom. The third kappa shape index (κ3) is 2.42. The van der Waals surface area contributed by atoms with E-state index in [-0.39, 0.29) is 5.78 Å². The Kier molecular flexibility index (Phi) is 3.32. The molecule has 1 saturated carbocycles. The summed E-state index contributed by atoms with van der Waals surface area (Å²) in [5.74, 6) is 0.229. The van der Waals surface area contributed by atoms with Gasteiger partial charge < -0.3 is 5.32 Å². The third-order valence-corrected chi connectivity index (χ3v) is 3.61. The first-order valence-electron chi connectivity index (χ1n) is 5.16. The van der Waals surface area contributed by atoms with Gasteiger partial charge in [-0.25, -0.2) is 0 Å². The lowest BCUT2D eigenvalue weighted by atomic mass is 10.2. The standard InChI is InChI=1S/C11H15NOS/c13-10(11-6-3-7-14-11)8-12-9-4-1-2-5-9/h3,6-7,9,12H,1-2,4-5,8H2. The van der Waals surface area contributed by atoms with Gasteiger partial charge in [-0.15, -0.1) is 11.3 Å². The van der Waals surface area contributed by atoms with Crippen molar-refractivity contribution in [3.63, 3.8) is 0 Å². The molecule has 2 rings (SSSR count). The Morgan fingerprint density at radius 2 is 2.29 bits per heavy atom. The lowest BCUT2D eigenvalue weighted by Gasteiger charge is -2.09. The molecule has 76 valence electrons. The zero-order chi connectivity index (χ0) is 9.80. The van der Waals surface area contributed by atoms with Crippen LogP contribution in [0, 0.1) is 0 Å². The van der Waals surface area contributed by atoms with Gasteiger partial charge in [0.2, 0.25) is 0 Å². The minimum Gasteiger partial charge on any atom is -0.307 e. The van der Waals surface area contributed by atoms with E-state index < -0.39 is 0 Å². The maximum Gasteiger partial charge on any atom is 0.186 e. The molecule has 1 fully saturated rings. The van der Waals surface area contributed by atoms with Crippen LogP contribution in [-0.2, 0) is 0 Å². The molecule has 0 aromatic carbocycles. The van der Waals surface area contributed by atoms with Crippen molar-refractivity contribution in [1.29, 1.82) is 0 Å². The average molecular weight is 209 g/mol. The number of ketones is 1. The molecule has 0 unspecified atom stereocenters. The SMILES string of the molecule is O=C(CNC1CCCC1)c1cccs1. The Morgan fingerprint density at radius 3 is 2.93 bits per heavy atom. The van der Waals surface area contributed by atoms with Gasteiger partial charge in [0.1, 0.15) is 0 Å². The van der Waals surface area contributed by atoms with E-state index in [1.165, 1.54) is 37.0 Å². The molecule has 0 aliphatic heterocycles. The first kappa shape index (κ1) is 9.87. The highest BCUT2D eigenvalue weighted by atomic mass is 32.1. The molecule has 14 heavy (non-hydrogen) atoms. The maximum absolute atomic E-state index is 11.6. The highest BCUT2D eigenvalue weighted by Gasteiger charge is 2.15. The quantitative estimate of drug-likeness (QED) is 0.772. The molecule has 3 heteroatoms. The van der Waals surface area contributed by atoms with E-state index in [1.807, 2.05) is 17.5 Å². The normalized spacial score (nSPS) is 17.4. The lowest BCUT2D eigenvalue weighted by molar-refractivity contribution is 0.0991. The van der Waals surface area contributed by atoms with Crippen LogP contribution in [0.4, 0.5) is 0 Å². The van der Waals surface area contributed by atoms with Crippen LogP contribution in [0.3, 0.4) is 0 Å². The molecule has 0 bridgehead atoms. The molecule has 1 aromatic rings. The van der Waals surface area contributed by atoms with E-state index in [4.69, 9.17) is 0 Å². The zero-order valence-electron chi connectivity index (χ0n) is 8.16. The van der Waals surface area contributed by atoms with Gasteiger partial charge in [-0.3, -0.25) is 4.79 Å². The number of carbonyl (C=O) groups excluding carboxylic acids is 1. The molecule has 0 saturated heterocycles. The van der Waals surface area contributed by atoms with Crippen molar-refractivity contribution < 1.29 is 4.79 Å². The van der Waals surface area contributed by atoms with Crippen LogP contribution >= 0.6 is 11.3 Å². The van der Waals surface area contributed by atoms with Crippen LogP contribution in [0.25, 0.3) is 0 Å².